The molecule has 0 saturated heterocycles. The fraction of sp³-hybridized carbons (Fsp3) is 0.567. The summed E-state index contributed by atoms with van der Waals surface area (Å²) in [7, 11) is 0. The fourth-order valence-electron chi connectivity index (χ4n) is 3.89. The lowest BCUT2D eigenvalue weighted by Gasteiger charge is -2.23. The van der Waals surface area contributed by atoms with Crippen LogP contribution in [0.25, 0.3) is 0 Å². The summed E-state index contributed by atoms with van der Waals surface area (Å²) < 4.78 is 19.8. The SMILES string of the molecule is CCOC(=O)CCC(NC(=O)CCC(NC(=O)c1ccccc1)C(=O)NC(CCC(=O)OCC)C(=O)OCC)C(=O)OCC. The first-order chi connectivity index (χ1) is 21.1. The Bertz CT molecular complexity index is 1110. The maximum atomic E-state index is 13.4. The third-order valence-corrected chi connectivity index (χ3v) is 6.00. The first-order valence-corrected chi connectivity index (χ1v) is 14.7. The minimum Gasteiger partial charge on any atom is -0.466 e. The molecule has 244 valence electrons. The van der Waals surface area contributed by atoms with Gasteiger partial charge in [0, 0.05) is 24.8 Å². The fourth-order valence-corrected chi connectivity index (χ4v) is 3.89. The van der Waals surface area contributed by atoms with Gasteiger partial charge in [0.15, 0.2) is 0 Å². The largest absolute Gasteiger partial charge is 0.466 e. The Labute approximate surface area is 256 Å². The van der Waals surface area contributed by atoms with Crippen molar-refractivity contribution in [1.29, 1.82) is 0 Å². The number of ether oxygens (including phenoxy) is 4. The van der Waals surface area contributed by atoms with Crippen molar-refractivity contribution in [3.63, 3.8) is 0 Å². The van der Waals surface area contributed by atoms with Crippen LogP contribution in [0.15, 0.2) is 30.3 Å². The average Bonchev–Trinajstić information content (AvgIpc) is 3.00. The van der Waals surface area contributed by atoms with Crippen LogP contribution in [0.5, 0.6) is 0 Å². The second kappa shape index (κ2) is 21.2. The van der Waals surface area contributed by atoms with E-state index in [1.54, 1.807) is 45.9 Å². The van der Waals surface area contributed by atoms with Crippen LogP contribution in [0.1, 0.15) is 76.6 Å². The molecule has 44 heavy (non-hydrogen) atoms. The minimum atomic E-state index is -1.30. The van der Waals surface area contributed by atoms with Gasteiger partial charge in [-0.3, -0.25) is 24.0 Å². The van der Waals surface area contributed by atoms with E-state index in [0.29, 0.717) is 0 Å². The Morgan fingerprint density at radius 3 is 1.50 bits per heavy atom. The molecule has 14 heteroatoms. The number of esters is 4. The van der Waals surface area contributed by atoms with Gasteiger partial charge in [0.05, 0.1) is 26.4 Å². The van der Waals surface area contributed by atoms with Crippen molar-refractivity contribution in [3.8, 4) is 0 Å². The quantitative estimate of drug-likeness (QED) is 0.141. The molecule has 0 saturated carbocycles. The van der Waals surface area contributed by atoms with Crippen LogP contribution in [0.3, 0.4) is 0 Å². The number of rotatable bonds is 20. The zero-order valence-corrected chi connectivity index (χ0v) is 25.7. The molecule has 0 fully saturated rings. The number of hydrogen-bond acceptors (Lipinski definition) is 11. The van der Waals surface area contributed by atoms with Crippen LogP contribution in [0.2, 0.25) is 0 Å². The predicted octanol–water partition coefficient (Wildman–Crippen LogP) is 1.35. The summed E-state index contributed by atoms with van der Waals surface area (Å²) in [5, 5.41) is 7.59. The molecule has 0 radical (unpaired) electrons. The van der Waals surface area contributed by atoms with Crippen LogP contribution < -0.4 is 16.0 Å². The van der Waals surface area contributed by atoms with Crippen LogP contribution in [-0.2, 0) is 47.7 Å². The summed E-state index contributed by atoms with van der Waals surface area (Å²) in [6.45, 7) is 6.83. The number of hydrogen-bond donors (Lipinski definition) is 3. The highest BCUT2D eigenvalue weighted by Crippen LogP contribution is 2.09. The standard InChI is InChI=1S/C30H43N3O11/c1-5-41-25(35)18-15-22(29(39)43-7-3)31-24(34)17-14-21(32-27(37)20-12-10-9-11-13-20)28(38)33-23(30(40)44-8-4)16-19-26(36)42-6-2/h9-13,21-23H,5-8,14-19H2,1-4H3,(H,31,34)(H,32,37)(H,33,38). The molecule has 3 N–H and O–H groups in total. The summed E-state index contributed by atoms with van der Waals surface area (Å²) in [4.78, 5) is 87.7. The molecular weight excluding hydrogens is 578 g/mol. The Kier molecular flexibility index (Phi) is 18.1. The van der Waals surface area contributed by atoms with Gasteiger partial charge in [-0.25, -0.2) is 9.59 Å². The highest BCUT2D eigenvalue weighted by molar-refractivity contribution is 5.98. The molecule has 14 nitrogen and oxygen atoms in total. The Morgan fingerprint density at radius 1 is 0.568 bits per heavy atom. The van der Waals surface area contributed by atoms with Crippen molar-refractivity contribution in [2.75, 3.05) is 26.4 Å². The van der Waals surface area contributed by atoms with Gasteiger partial charge in [-0.05, 0) is 59.1 Å². The van der Waals surface area contributed by atoms with E-state index in [-0.39, 0.29) is 70.5 Å². The Morgan fingerprint density at radius 2 is 1.02 bits per heavy atom. The van der Waals surface area contributed by atoms with E-state index in [9.17, 15) is 33.6 Å². The number of nitrogens with one attached hydrogen (secondary N) is 3. The number of carbonyl (C=O) groups excluding carboxylic acids is 7. The molecule has 0 aromatic heterocycles. The molecule has 0 aliphatic heterocycles. The van der Waals surface area contributed by atoms with Gasteiger partial charge in [0.2, 0.25) is 11.8 Å². The molecule has 3 unspecified atom stereocenters. The summed E-state index contributed by atoms with van der Waals surface area (Å²) in [6.07, 6.45) is -1.06. The average molecular weight is 622 g/mol. The molecule has 0 bridgehead atoms. The van der Waals surface area contributed by atoms with Crippen molar-refractivity contribution >= 4 is 41.6 Å². The van der Waals surface area contributed by atoms with Crippen LogP contribution in [0, 0.1) is 0 Å². The van der Waals surface area contributed by atoms with E-state index in [1.807, 2.05) is 0 Å². The van der Waals surface area contributed by atoms with Crippen molar-refractivity contribution in [2.24, 2.45) is 0 Å². The van der Waals surface area contributed by atoms with Crippen molar-refractivity contribution in [2.45, 2.75) is 84.3 Å². The molecule has 1 aromatic carbocycles. The van der Waals surface area contributed by atoms with E-state index >= 15 is 0 Å². The number of carbonyl (C=O) groups is 7. The summed E-state index contributed by atoms with van der Waals surface area (Å²) in [5.74, 6) is -4.69. The predicted molar refractivity (Wildman–Crippen MR) is 156 cm³/mol. The van der Waals surface area contributed by atoms with Gasteiger partial charge in [-0.15, -0.1) is 0 Å². The lowest BCUT2D eigenvalue weighted by atomic mass is 10.1. The lowest BCUT2D eigenvalue weighted by Crippen LogP contribution is -2.52. The van der Waals surface area contributed by atoms with Crippen LogP contribution in [-0.4, -0.2) is 86.2 Å². The molecular formula is C30H43N3O11. The highest BCUT2D eigenvalue weighted by Gasteiger charge is 2.30. The van der Waals surface area contributed by atoms with E-state index in [0.717, 1.165) is 0 Å². The zero-order valence-electron chi connectivity index (χ0n) is 25.7. The summed E-state index contributed by atoms with van der Waals surface area (Å²) >= 11 is 0. The van der Waals surface area contributed by atoms with Gasteiger partial charge in [-0.2, -0.15) is 0 Å². The smallest absolute Gasteiger partial charge is 0.328 e. The molecule has 1 aromatic rings. The third-order valence-electron chi connectivity index (χ3n) is 6.00. The first-order valence-electron chi connectivity index (χ1n) is 14.7. The van der Waals surface area contributed by atoms with Crippen molar-refractivity contribution in [3.05, 3.63) is 35.9 Å². The zero-order chi connectivity index (χ0) is 32.9. The van der Waals surface area contributed by atoms with Crippen molar-refractivity contribution in [1.82, 2.24) is 16.0 Å². The van der Waals surface area contributed by atoms with Crippen LogP contribution in [0.4, 0.5) is 0 Å². The summed E-state index contributed by atoms with van der Waals surface area (Å²) in [5.41, 5.74) is 0.250. The minimum absolute atomic E-state index is 0.0246. The second-order valence-electron chi connectivity index (χ2n) is 9.30. The van der Waals surface area contributed by atoms with E-state index < -0.39 is 59.7 Å². The number of benzene rings is 1. The van der Waals surface area contributed by atoms with Gasteiger partial charge in [0.1, 0.15) is 18.1 Å². The maximum absolute atomic E-state index is 13.4. The normalized spacial score (nSPS) is 12.5. The monoisotopic (exact) mass is 621 g/mol. The highest BCUT2D eigenvalue weighted by atomic mass is 16.5. The second-order valence-corrected chi connectivity index (χ2v) is 9.30. The van der Waals surface area contributed by atoms with Gasteiger partial charge in [0.25, 0.3) is 5.91 Å². The Balaban J connectivity index is 3.07. The van der Waals surface area contributed by atoms with Gasteiger partial charge in [-0.1, -0.05) is 18.2 Å². The lowest BCUT2D eigenvalue weighted by molar-refractivity contribution is -0.149. The van der Waals surface area contributed by atoms with E-state index in [2.05, 4.69) is 16.0 Å². The molecule has 3 amide bonds. The van der Waals surface area contributed by atoms with Crippen LogP contribution >= 0.6 is 0 Å². The summed E-state index contributed by atoms with van der Waals surface area (Å²) in [6, 6.07) is 4.37. The number of amides is 3. The molecule has 0 aliphatic rings. The Hall–Kier alpha value is -4.49. The molecule has 1 rings (SSSR count). The molecule has 0 heterocycles. The first kappa shape index (κ1) is 37.5. The third kappa shape index (κ3) is 14.6. The van der Waals surface area contributed by atoms with Gasteiger partial charge < -0.3 is 34.9 Å². The molecule has 0 aliphatic carbocycles. The molecule has 0 spiro atoms. The van der Waals surface area contributed by atoms with Crippen molar-refractivity contribution < 1.29 is 52.5 Å². The van der Waals surface area contributed by atoms with E-state index in [4.69, 9.17) is 18.9 Å². The van der Waals surface area contributed by atoms with E-state index in [1.165, 1.54) is 12.1 Å². The topological polar surface area (TPSA) is 192 Å². The van der Waals surface area contributed by atoms with Gasteiger partial charge >= 0.3 is 23.9 Å². The maximum Gasteiger partial charge on any atom is 0.328 e. The molecule has 3 atom stereocenters.